The highest BCUT2D eigenvalue weighted by Gasteiger charge is 2.54. The lowest BCUT2D eigenvalue weighted by molar-refractivity contribution is -0.137. The van der Waals surface area contributed by atoms with Crippen LogP contribution in [-0.2, 0) is 6.18 Å². The van der Waals surface area contributed by atoms with Gasteiger partial charge in [0.05, 0.1) is 11.1 Å². The lowest BCUT2D eigenvalue weighted by Crippen LogP contribution is -2.55. The van der Waals surface area contributed by atoms with E-state index in [1.807, 2.05) is 45.0 Å². The van der Waals surface area contributed by atoms with Gasteiger partial charge in [-0.25, -0.2) is 4.79 Å². The first-order valence-electron chi connectivity index (χ1n) is 10.6. The van der Waals surface area contributed by atoms with Gasteiger partial charge < -0.3 is 10.4 Å². The number of carboxylic acid groups (broad SMARTS) is 1. The van der Waals surface area contributed by atoms with Gasteiger partial charge in [-0.1, -0.05) is 36.4 Å². The fraction of sp³-hybridized carbons (Fsp3) is 0.375. The number of rotatable bonds is 5. The number of alkyl halides is 3. The molecule has 0 unspecified atom stereocenters. The van der Waals surface area contributed by atoms with Gasteiger partial charge >= 0.3 is 12.3 Å². The lowest BCUT2D eigenvalue weighted by Gasteiger charge is -2.40. The summed E-state index contributed by atoms with van der Waals surface area (Å²) in [6, 6.07) is 12.2. The molecule has 1 aliphatic carbocycles. The highest BCUT2D eigenvalue weighted by atomic mass is 19.4. The van der Waals surface area contributed by atoms with Gasteiger partial charge in [0.15, 0.2) is 5.82 Å². The Labute approximate surface area is 189 Å². The van der Waals surface area contributed by atoms with E-state index in [4.69, 9.17) is 0 Å². The molecule has 1 fully saturated rings. The van der Waals surface area contributed by atoms with Gasteiger partial charge in [0.1, 0.15) is 5.69 Å². The predicted octanol–water partition coefficient (Wildman–Crippen LogP) is 6.04. The van der Waals surface area contributed by atoms with Crippen LogP contribution in [0.4, 0.5) is 23.8 Å². The lowest BCUT2D eigenvalue weighted by atomic mass is 10.0. The molecule has 6 nitrogen and oxygen atoms in total. The minimum Gasteiger partial charge on any atom is -0.465 e. The molecule has 0 saturated heterocycles. The number of hydrogen-bond donors (Lipinski definition) is 2. The zero-order valence-electron chi connectivity index (χ0n) is 18.6. The summed E-state index contributed by atoms with van der Waals surface area (Å²) >= 11 is 0. The molecule has 2 aromatic carbocycles. The Morgan fingerprint density at radius 3 is 2.15 bits per heavy atom. The van der Waals surface area contributed by atoms with Gasteiger partial charge in [0, 0.05) is 28.4 Å². The van der Waals surface area contributed by atoms with E-state index in [0.29, 0.717) is 23.6 Å². The van der Waals surface area contributed by atoms with E-state index in [2.05, 4.69) is 15.5 Å². The van der Waals surface area contributed by atoms with Crippen molar-refractivity contribution in [3.05, 3.63) is 54.1 Å². The van der Waals surface area contributed by atoms with Gasteiger partial charge in [-0.15, -0.1) is 10.2 Å². The molecule has 0 atom stereocenters. The van der Waals surface area contributed by atoms with Crippen molar-refractivity contribution < 1.29 is 23.1 Å². The molecule has 2 N–H and O–H groups in total. The molecule has 33 heavy (non-hydrogen) atoms. The fourth-order valence-corrected chi connectivity index (χ4v) is 4.34. The molecule has 0 bridgehead atoms. The van der Waals surface area contributed by atoms with Crippen LogP contribution in [0.1, 0.15) is 39.2 Å². The summed E-state index contributed by atoms with van der Waals surface area (Å²) < 4.78 is 38.8. The minimum atomic E-state index is -4.41. The van der Waals surface area contributed by atoms with E-state index in [1.54, 1.807) is 0 Å². The van der Waals surface area contributed by atoms with E-state index in [-0.39, 0.29) is 0 Å². The molecule has 1 heterocycles. The third-order valence-corrected chi connectivity index (χ3v) is 5.92. The standard InChI is InChI=1S/C24H25F3N4O2/c1-22(2,3)31(21(32)33)23(12-13-23)14-28-20-18-7-5-4-6-17(18)19(29-30-20)15-8-10-16(11-9-15)24(25,26)27/h4-11H,12-14H2,1-3H3,(H,28,30)(H,32,33). The third-order valence-electron chi connectivity index (χ3n) is 5.92. The first-order chi connectivity index (χ1) is 15.4. The van der Waals surface area contributed by atoms with Crippen LogP contribution in [0.5, 0.6) is 0 Å². The highest BCUT2D eigenvalue weighted by Crippen LogP contribution is 2.45. The van der Waals surface area contributed by atoms with Crippen LogP contribution < -0.4 is 5.32 Å². The molecule has 1 aromatic heterocycles. The van der Waals surface area contributed by atoms with E-state index in [1.165, 1.54) is 17.0 Å². The quantitative estimate of drug-likeness (QED) is 0.488. The number of aromatic nitrogens is 2. The molecule has 1 amide bonds. The number of carbonyl (C=O) groups is 1. The van der Waals surface area contributed by atoms with Crippen molar-refractivity contribution in [2.24, 2.45) is 0 Å². The number of benzene rings is 2. The summed E-state index contributed by atoms with van der Waals surface area (Å²) in [5.41, 5.74) is -0.781. The zero-order valence-corrected chi connectivity index (χ0v) is 18.6. The average Bonchev–Trinajstić information content (AvgIpc) is 3.50. The second kappa shape index (κ2) is 7.90. The van der Waals surface area contributed by atoms with Crippen LogP contribution in [0, 0.1) is 0 Å². The summed E-state index contributed by atoms with van der Waals surface area (Å²) in [5, 5.41) is 23.2. The molecule has 0 radical (unpaired) electrons. The fourth-order valence-electron chi connectivity index (χ4n) is 4.34. The average molecular weight is 458 g/mol. The first-order valence-corrected chi connectivity index (χ1v) is 10.6. The van der Waals surface area contributed by atoms with E-state index in [9.17, 15) is 23.1 Å². The van der Waals surface area contributed by atoms with E-state index in [0.717, 1.165) is 35.7 Å². The second-order valence-electron chi connectivity index (χ2n) is 9.38. The largest absolute Gasteiger partial charge is 0.465 e. The van der Waals surface area contributed by atoms with Gasteiger partial charge in [-0.2, -0.15) is 13.2 Å². The highest BCUT2D eigenvalue weighted by molar-refractivity contribution is 6.00. The number of nitrogens with one attached hydrogen (secondary N) is 1. The number of anilines is 1. The molecule has 1 saturated carbocycles. The van der Waals surface area contributed by atoms with Gasteiger partial charge in [0.25, 0.3) is 0 Å². The van der Waals surface area contributed by atoms with Crippen LogP contribution in [0.15, 0.2) is 48.5 Å². The van der Waals surface area contributed by atoms with Crippen molar-refractivity contribution in [3.63, 3.8) is 0 Å². The van der Waals surface area contributed by atoms with Gasteiger partial charge in [-0.05, 0) is 45.7 Å². The van der Waals surface area contributed by atoms with Crippen molar-refractivity contribution >= 4 is 22.7 Å². The molecule has 1 aliphatic rings. The van der Waals surface area contributed by atoms with Gasteiger partial charge in [0.2, 0.25) is 0 Å². The van der Waals surface area contributed by atoms with Crippen LogP contribution in [-0.4, -0.2) is 43.9 Å². The van der Waals surface area contributed by atoms with E-state index < -0.39 is 28.9 Å². The summed E-state index contributed by atoms with van der Waals surface area (Å²) in [6.07, 6.45) is -3.87. The summed E-state index contributed by atoms with van der Waals surface area (Å²) in [4.78, 5) is 13.4. The summed E-state index contributed by atoms with van der Waals surface area (Å²) in [5.74, 6) is 0.506. The normalized spacial score (nSPS) is 15.3. The van der Waals surface area contributed by atoms with Crippen LogP contribution in [0.2, 0.25) is 0 Å². The zero-order chi connectivity index (χ0) is 24.0. The van der Waals surface area contributed by atoms with E-state index >= 15 is 0 Å². The third kappa shape index (κ3) is 4.44. The number of amides is 1. The Bertz CT molecular complexity index is 1180. The van der Waals surface area contributed by atoms with Crippen LogP contribution >= 0.6 is 0 Å². The maximum absolute atomic E-state index is 12.9. The topological polar surface area (TPSA) is 78.4 Å². The number of hydrogen-bond acceptors (Lipinski definition) is 4. The summed E-state index contributed by atoms with van der Waals surface area (Å²) in [6.45, 7) is 5.99. The van der Waals surface area contributed by atoms with Crippen molar-refractivity contribution in [2.45, 2.75) is 50.9 Å². The minimum absolute atomic E-state index is 0.384. The molecule has 3 aromatic rings. The Morgan fingerprint density at radius 1 is 1.03 bits per heavy atom. The summed E-state index contributed by atoms with van der Waals surface area (Å²) in [7, 11) is 0. The van der Waals surface area contributed by atoms with Gasteiger partial charge in [-0.3, -0.25) is 4.90 Å². The van der Waals surface area contributed by atoms with Crippen LogP contribution in [0.3, 0.4) is 0 Å². The second-order valence-corrected chi connectivity index (χ2v) is 9.38. The smallest absolute Gasteiger partial charge is 0.416 e. The SMILES string of the molecule is CC(C)(C)N(C(=O)O)C1(CNc2nnc(-c3ccc(C(F)(F)F)cc3)c3ccccc23)CC1. The Kier molecular flexibility index (Phi) is 5.46. The van der Waals surface area contributed by atoms with Crippen molar-refractivity contribution in [1.29, 1.82) is 0 Å². The molecule has 0 spiro atoms. The molecule has 4 rings (SSSR count). The number of halogens is 3. The maximum atomic E-state index is 12.9. The number of fused-ring (bicyclic) bond motifs is 1. The molecule has 0 aliphatic heterocycles. The number of nitrogens with zero attached hydrogens (tertiary/aromatic N) is 3. The maximum Gasteiger partial charge on any atom is 0.416 e. The van der Waals surface area contributed by atoms with Crippen molar-refractivity contribution in [3.8, 4) is 11.3 Å². The van der Waals surface area contributed by atoms with Crippen molar-refractivity contribution in [1.82, 2.24) is 15.1 Å². The monoisotopic (exact) mass is 458 g/mol. The van der Waals surface area contributed by atoms with Crippen LogP contribution in [0.25, 0.3) is 22.0 Å². The van der Waals surface area contributed by atoms with Crippen molar-refractivity contribution in [2.75, 3.05) is 11.9 Å². The Hall–Kier alpha value is -3.36. The Balaban J connectivity index is 1.65. The molecular formula is C24H25F3N4O2. The predicted molar refractivity (Wildman–Crippen MR) is 120 cm³/mol. The Morgan fingerprint density at radius 2 is 1.64 bits per heavy atom. The molecule has 9 heteroatoms. The molecular weight excluding hydrogens is 433 g/mol. The first kappa shape index (κ1) is 22.8. The molecule has 174 valence electrons.